The van der Waals surface area contributed by atoms with Crippen LogP contribution in [0.5, 0.6) is 0 Å². The first kappa shape index (κ1) is 34.1. The molecule has 248 valence electrons. The molecule has 0 aromatic heterocycles. The predicted molar refractivity (Wildman–Crippen MR) is 195 cm³/mol. The molecule has 1 unspecified atom stereocenters. The Morgan fingerprint density at radius 1 is 0.652 bits per heavy atom. The van der Waals surface area contributed by atoms with E-state index in [4.69, 9.17) is 0 Å². The number of aliphatic hydroxyl groups is 1. The first-order valence-corrected chi connectivity index (χ1v) is 18.3. The van der Waals surface area contributed by atoms with Gasteiger partial charge in [0.25, 0.3) is 0 Å². The average molecular weight is 623 g/mol. The van der Waals surface area contributed by atoms with Crippen molar-refractivity contribution in [2.75, 3.05) is 22.9 Å². The number of carbonyl (C=O) groups is 1. The molecule has 0 spiro atoms. The molecule has 46 heavy (non-hydrogen) atoms. The topological polar surface area (TPSA) is 43.8 Å². The fraction of sp³-hybridized carbons (Fsp3) is 0.548. The van der Waals surface area contributed by atoms with Crippen molar-refractivity contribution >= 4 is 17.2 Å². The van der Waals surface area contributed by atoms with Gasteiger partial charge in [-0.2, -0.15) is 0 Å². The van der Waals surface area contributed by atoms with Crippen LogP contribution in [-0.2, 0) is 15.6 Å². The van der Waals surface area contributed by atoms with Crippen molar-refractivity contribution in [3.8, 4) is 0 Å². The lowest BCUT2D eigenvalue weighted by Crippen LogP contribution is -2.35. The SMILES string of the molecule is CCCCCCCCN1/C(=C\C2C(=O)C(/C=C3/N(CCCCCCCC)c4ccccc4C3(C)C)=C2O)C(C)(C)c2ccccc21. The molecular weight excluding hydrogens is 564 g/mol. The Bertz CT molecular complexity index is 1480. The number of unbranched alkanes of at least 4 members (excludes halogenated alkanes) is 10. The maximum Gasteiger partial charge on any atom is 0.180 e. The van der Waals surface area contributed by atoms with Crippen LogP contribution in [0.2, 0.25) is 0 Å². The third kappa shape index (κ3) is 6.60. The summed E-state index contributed by atoms with van der Waals surface area (Å²) in [5, 5.41) is 11.5. The van der Waals surface area contributed by atoms with Crippen molar-refractivity contribution in [1.82, 2.24) is 0 Å². The van der Waals surface area contributed by atoms with E-state index in [1.807, 2.05) is 6.08 Å². The summed E-state index contributed by atoms with van der Waals surface area (Å²) in [4.78, 5) is 18.7. The van der Waals surface area contributed by atoms with E-state index in [1.54, 1.807) is 0 Å². The number of benzene rings is 2. The Balaban J connectivity index is 1.40. The number of rotatable bonds is 16. The van der Waals surface area contributed by atoms with Gasteiger partial charge in [-0.05, 0) is 48.3 Å². The first-order chi connectivity index (χ1) is 22.1. The lowest BCUT2D eigenvalue weighted by atomic mass is 9.76. The number of hydrogen-bond donors (Lipinski definition) is 1. The van der Waals surface area contributed by atoms with Crippen LogP contribution in [0.15, 0.2) is 83.4 Å². The molecule has 0 amide bonds. The number of carbonyl (C=O) groups excluding carboxylic acids is 1. The molecule has 0 saturated heterocycles. The van der Waals surface area contributed by atoms with Crippen molar-refractivity contribution in [2.45, 2.75) is 129 Å². The molecule has 0 bridgehead atoms. The molecule has 4 nitrogen and oxygen atoms in total. The van der Waals surface area contributed by atoms with Crippen LogP contribution in [0.25, 0.3) is 0 Å². The number of fused-ring (bicyclic) bond motifs is 2. The first-order valence-electron chi connectivity index (χ1n) is 18.3. The number of ketones is 1. The van der Waals surface area contributed by atoms with E-state index in [-0.39, 0.29) is 22.4 Å². The molecule has 1 N–H and O–H groups in total. The van der Waals surface area contributed by atoms with Crippen molar-refractivity contribution in [3.05, 3.63) is 94.5 Å². The van der Waals surface area contributed by atoms with Crippen LogP contribution in [0, 0.1) is 5.92 Å². The highest BCUT2D eigenvalue weighted by molar-refractivity contribution is 6.10. The lowest BCUT2D eigenvalue weighted by Gasteiger charge is -2.33. The number of para-hydroxylation sites is 2. The molecule has 4 heteroatoms. The predicted octanol–water partition coefficient (Wildman–Crippen LogP) is 11.1. The molecular formula is C42H58N2O2. The van der Waals surface area contributed by atoms with Gasteiger partial charge < -0.3 is 14.9 Å². The van der Waals surface area contributed by atoms with Crippen molar-refractivity contribution < 1.29 is 9.90 Å². The van der Waals surface area contributed by atoms with Crippen LogP contribution in [0.1, 0.15) is 130 Å². The number of aliphatic hydroxyl groups excluding tert-OH is 1. The summed E-state index contributed by atoms with van der Waals surface area (Å²) in [6, 6.07) is 17.3. The minimum Gasteiger partial charge on any atom is -0.510 e. The van der Waals surface area contributed by atoms with E-state index in [0.717, 1.165) is 37.3 Å². The van der Waals surface area contributed by atoms with E-state index in [2.05, 4.69) is 106 Å². The quantitative estimate of drug-likeness (QED) is 0.189. The van der Waals surface area contributed by atoms with E-state index < -0.39 is 5.92 Å². The zero-order valence-electron chi connectivity index (χ0n) is 29.5. The Kier molecular flexibility index (Phi) is 10.9. The second kappa shape index (κ2) is 14.7. The monoisotopic (exact) mass is 622 g/mol. The van der Waals surface area contributed by atoms with Gasteiger partial charge >= 0.3 is 0 Å². The van der Waals surface area contributed by atoms with E-state index >= 15 is 0 Å². The highest BCUT2D eigenvalue weighted by Gasteiger charge is 2.46. The maximum absolute atomic E-state index is 13.9. The Morgan fingerprint density at radius 2 is 1.09 bits per heavy atom. The number of anilines is 2. The third-order valence-corrected chi connectivity index (χ3v) is 10.8. The van der Waals surface area contributed by atoms with Gasteiger partial charge in [-0.1, -0.05) is 142 Å². The van der Waals surface area contributed by atoms with Crippen LogP contribution in [0.4, 0.5) is 11.4 Å². The van der Waals surface area contributed by atoms with Gasteiger partial charge in [0.15, 0.2) is 5.78 Å². The third-order valence-electron chi connectivity index (χ3n) is 10.8. The normalized spacial score (nSPS) is 21.3. The van der Waals surface area contributed by atoms with Crippen molar-refractivity contribution in [2.24, 2.45) is 5.92 Å². The molecule has 5 rings (SSSR count). The highest BCUT2D eigenvalue weighted by Crippen LogP contribution is 2.51. The van der Waals surface area contributed by atoms with Gasteiger partial charge in [0.1, 0.15) is 11.7 Å². The molecule has 2 aromatic carbocycles. The summed E-state index contributed by atoms with van der Waals surface area (Å²) < 4.78 is 0. The molecule has 2 aromatic rings. The molecule has 0 fully saturated rings. The zero-order valence-corrected chi connectivity index (χ0v) is 29.5. The molecule has 1 atom stereocenters. The number of allylic oxidation sites excluding steroid dienone is 5. The average Bonchev–Trinajstić information content (AvgIpc) is 3.40. The second-order valence-electron chi connectivity index (χ2n) is 14.8. The van der Waals surface area contributed by atoms with E-state index in [1.165, 1.54) is 86.7 Å². The summed E-state index contributed by atoms with van der Waals surface area (Å²) in [7, 11) is 0. The number of Topliss-reactive ketones (excluding diaryl/α,β-unsaturated/α-hetero) is 1. The standard InChI is InChI=1S/C42H58N2O2/c1-7-9-11-13-15-21-27-43-35-25-19-17-23-33(35)41(3,4)37(43)29-31-39(45)32(40(31)46)30-38-42(5,6)34-24-18-20-26-36(34)44(38)28-22-16-14-12-10-8-2/h17-20,23-26,29-31,45H,7-16,21-22,27-28H2,1-6H3/b37-29-,38-30+. The van der Waals surface area contributed by atoms with Crippen molar-refractivity contribution in [3.63, 3.8) is 0 Å². The zero-order chi connectivity index (χ0) is 32.9. The molecule has 0 radical (unpaired) electrons. The summed E-state index contributed by atoms with van der Waals surface area (Å²) >= 11 is 0. The maximum atomic E-state index is 13.9. The van der Waals surface area contributed by atoms with Gasteiger partial charge in [0.05, 0.1) is 5.57 Å². The Morgan fingerprint density at radius 3 is 1.59 bits per heavy atom. The Hall–Kier alpha value is -3.27. The minimum absolute atomic E-state index is 0.0232. The van der Waals surface area contributed by atoms with Crippen LogP contribution in [0.3, 0.4) is 0 Å². The van der Waals surface area contributed by atoms with Gasteiger partial charge in [0, 0.05) is 46.7 Å². The van der Waals surface area contributed by atoms with Gasteiger partial charge in [-0.3, -0.25) is 4.79 Å². The molecule has 2 aliphatic heterocycles. The minimum atomic E-state index is -0.596. The molecule has 0 saturated carbocycles. The van der Waals surface area contributed by atoms with E-state index in [0.29, 0.717) is 5.57 Å². The van der Waals surface area contributed by atoms with E-state index in [9.17, 15) is 9.90 Å². The van der Waals surface area contributed by atoms with Gasteiger partial charge in [0.2, 0.25) is 0 Å². The smallest absolute Gasteiger partial charge is 0.180 e. The summed E-state index contributed by atoms with van der Waals surface area (Å²) in [5.74, 6) is -0.362. The summed E-state index contributed by atoms with van der Waals surface area (Å²) in [6.45, 7) is 15.4. The largest absolute Gasteiger partial charge is 0.510 e. The van der Waals surface area contributed by atoms with Crippen LogP contribution in [-0.4, -0.2) is 24.0 Å². The van der Waals surface area contributed by atoms with Crippen molar-refractivity contribution in [1.29, 1.82) is 0 Å². The van der Waals surface area contributed by atoms with Crippen LogP contribution < -0.4 is 9.80 Å². The van der Waals surface area contributed by atoms with Crippen LogP contribution >= 0.6 is 0 Å². The van der Waals surface area contributed by atoms with Gasteiger partial charge in [-0.25, -0.2) is 0 Å². The molecule has 2 heterocycles. The summed E-state index contributed by atoms with van der Waals surface area (Å²) in [5.41, 5.74) is 7.28. The number of nitrogens with zero attached hydrogens (tertiary/aromatic N) is 2. The fourth-order valence-electron chi connectivity index (χ4n) is 7.93. The lowest BCUT2D eigenvalue weighted by molar-refractivity contribution is -0.120. The molecule has 3 aliphatic rings. The fourth-order valence-corrected chi connectivity index (χ4v) is 7.93. The highest BCUT2D eigenvalue weighted by atomic mass is 16.3. The van der Waals surface area contributed by atoms with Gasteiger partial charge in [-0.15, -0.1) is 0 Å². The summed E-state index contributed by atoms with van der Waals surface area (Å²) in [6.07, 6.45) is 19.0. The molecule has 1 aliphatic carbocycles. The second-order valence-corrected chi connectivity index (χ2v) is 14.8. The Labute approximate surface area is 279 Å². The number of hydrogen-bond acceptors (Lipinski definition) is 4.